The van der Waals surface area contributed by atoms with Crippen LogP contribution in [-0.4, -0.2) is 14.2 Å². The summed E-state index contributed by atoms with van der Waals surface area (Å²) in [6.07, 6.45) is 0. The second kappa shape index (κ2) is 7.05. The molecule has 0 radical (unpaired) electrons. The van der Waals surface area contributed by atoms with Crippen molar-refractivity contribution >= 4 is 33.2 Å². The number of hydrogen-bond donors (Lipinski definition) is 1. The Morgan fingerprint density at radius 3 is 2.57 bits per heavy atom. The molecular formula is C16H17BrClNO2. The van der Waals surface area contributed by atoms with Crippen molar-refractivity contribution in [3.8, 4) is 11.5 Å². The lowest BCUT2D eigenvalue weighted by Crippen LogP contribution is -2.02. The Labute approximate surface area is 138 Å². The van der Waals surface area contributed by atoms with Crippen molar-refractivity contribution in [2.75, 3.05) is 19.5 Å². The molecule has 0 aromatic heterocycles. The summed E-state index contributed by atoms with van der Waals surface area (Å²) in [5.74, 6) is 1.40. The number of aryl methyl sites for hydroxylation is 1. The molecule has 0 aliphatic carbocycles. The van der Waals surface area contributed by atoms with E-state index >= 15 is 0 Å². The van der Waals surface area contributed by atoms with Crippen molar-refractivity contribution in [3.63, 3.8) is 0 Å². The minimum Gasteiger partial charge on any atom is -0.493 e. The van der Waals surface area contributed by atoms with E-state index in [0.29, 0.717) is 18.0 Å². The van der Waals surface area contributed by atoms with Gasteiger partial charge in [-0.1, -0.05) is 17.7 Å². The van der Waals surface area contributed by atoms with Gasteiger partial charge in [-0.15, -0.1) is 0 Å². The van der Waals surface area contributed by atoms with E-state index in [-0.39, 0.29) is 0 Å². The molecule has 2 aromatic carbocycles. The molecule has 0 aliphatic heterocycles. The van der Waals surface area contributed by atoms with Gasteiger partial charge in [0.05, 0.1) is 18.7 Å². The standard InChI is InChI=1S/C16H17BrClNO2/c1-10-4-5-12(18)8-14(10)19-9-11-6-13(17)16(21-3)15(7-11)20-2/h4-8,19H,9H2,1-3H3. The molecule has 0 saturated carbocycles. The van der Waals surface area contributed by atoms with Gasteiger partial charge >= 0.3 is 0 Å². The van der Waals surface area contributed by atoms with Crippen LogP contribution in [-0.2, 0) is 6.54 Å². The Balaban J connectivity index is 2.20. The average Bonchev–Trinajstić information content (AvgIpc) is 2.47. The molecule has 2 aromatic rings. The molecule has 3 nitrogen and oxygen atoms in total. The molecule has 0 fully saturated rings. The van der Waals surface area contributed by atoms with Crippen LogP contribution in [0.15, 0.2) is 34.8 Å². The summed E-state index contributed by atoms with van der Waals surface area (Å²) in [7, 11) is 3.25. The number of nitrogens with one attached hydrogen (secondary N) is 1. The zero-order chi connectivity index (χ0) is 15.4. The highest BCUT2D eigenvalue weighted by Gasteiger charge is 2.10. The summed E-state index contributed by atoms with van der Waals surface area (Å²) < 4.78 is 11.5. The van der Waals surface area contributed by atoms with Gasteiger partial charge < -0.3 is 14.8 Å². The summed E-state index contributed by atoms with van der Waals surface area (Å²) in [4.78, 5) is 0. The Kier molecular flexibility index (Phi) is 5.37. The highest BCUT2D eigenvalue weighted by atomic mass is 79.9. The maximum atomic E-state index is 6.03. The Morgan fingerprint density at radius 2 is 1.90 bits per heavy atom. The van der Waals surface area contributed by atoms with Gasteiger partial charge in [0.15, 0.2) is 11.5 Å². The van der Waals surface area contributed by atoms with Gasteiger partial charge in [-0.3, -0.25) is 0 Å². The maximum absolute atomic E-state index is 6.03. The van der Waals surface area contributed by atoms with Crippen LogP contribution in [0.4, 0.5) is 5.69 Å². The van der Waals surface area contributed by atoms with Crippen LogP contribution in [0.2, 0.25) is 5.02 Å². The first kappa shape index (κ1) is 16.0. The molecular weight excluding hydrogens is 354 g/mol. The first-order valence-corrected chi connectivity index (χ1v) is 7.62. The lowest BCUT2D eigenvalue weighted by Gasteiger charge is -2.14. The van der Waals surface area contributed by atoms with Crippen LogP contribution in [0.1, 0.15) is 11.1 Å². The van der Waals surface area contributed by atoms with Crippen LogP contribution in [0.5, 0.6) is 11.5 Å². The van der Waals surface area contributed by atoms with Crippen LogP contribution in [0.3, 0.4) is 0 Å². The number of halogens is 2. The summed E-state index contributed by atoms with van der Waals surface area (Å²) in [5, 5.41) is 4.10. The largest absolute Gasteiger partial charge is 0.493 e. The van der Waals surface area contributed by atoms with Crippen molar-refractivity contribution in [1.82, 2.24) is 0 Å². The quantitative estimate of drug-likeness (QED) is 0.800. The number of benzene rings is 2. The topological polar surface area (TPSA) is 30.5 Å². The van der Waals surface area contributed by atoms with Gasteiger partial charge in [0.1, 0.15) is 0 Å². The maximum Gasteiger partial charge on any atom is 0.174 e. The van der Waals surface area contributed by atoms with E-state index in [2.05, 4.69) is 21.2 Å². The number of rotatable bonds is 5. The summed E-state index contributed by atoms with van der Waals surface area (Å²) in [5.41, 5.74) is 3.26. The van der Waals surface area contributed by atoms with Gasteiger partial charge in [-0.05, 0) is 58.2 Å². The molecule has 1 N–H and O–H groups in total. The molecule has 0 atom stereocenters. The lowest BCUT2D eigenvalue weighted by atomic mass is 10.1. The molecule has 112 valence electrons. The second-order valence-corrected chi connectivity index (χ2v) is 5.92. The van der Waals surface area contributed by atoms with Gasteiger partial charge in [-0.25, -0.2) is 0 Å². The van der Waals surface area contributed by atoms with E-state index in [1.165, 1.54) is 0 Å². The van der Waals surface area contributed by atoms with Crippen LogP contribution in [0.25, 0.3) is 0 Å². The Hall–Kier alpha value is -1.39. The third-order valence-corrected chi connectivity index (χ3v) is 4.00. The molecule has 0 bridgehead atoms. The Bertz CT molecular complexity index is 646. The number of anilines is 1. The molecule has 21 heavy (non-hydrogen) atoms. The molecule has 5 heteroatoms. The van der Waals surface area contributed by atoms with Crippen molar-refractivity contribution in [2.45, 2.75) is 13.5 Å². The van der Waals surface area contributed by atoms with Crippen LogP contribution >= 0.6 is 27.5 Å². The van der Waals surface area contributed by atoms with Crippen molar-refractivity contribution in [3.05, 3.63) is 51.0 Å². The van der Waals surface area contributed by atoms with Gasteiger partial charge in [0.25, 0.3) is 0 Å². The van der Waals surface area contributed by atoms with E-state index in [1.54, 1.807) is 14.2 Å². The number of ether oxygens (including phenoxy) is 2. The minimum absolute atomic E-state index is 0.667. The molecule has 0 amide bonds. The highest BCUT2D eigenvalue weighted by molar-refractivity contribution is 9.10. The van der Waals surface area contributed by atoms with Crippen LogP contribution in [0, 0.1) is 6.92 Å². The normalized spacial score (nSPS) is 10.3. The van der Waals surface area contributed by atoms with E-state index in [9.17, 15) is 0 Å². The molecule has 0 saturated heterocycles. The van der Waals surface area contributed by atoms with E-state index in [0.717, 1.165) is 26.3 Å². The first-order chi connectivity index (χ1) is 10.0. The zero-order valence-electron chi connectivity index (χ0n) is 12.2. The summed E-state index contributed by atoms with van der Waals surface area (Å²) in [6.45, 7) is 2.71. The first-order valence-electron chi connectivity index (χ1n) is 6.45. The molecule has 0 spiro atoms. The van der Waals surface area contributed by atoms with Crippen LogP contribution < -0.4 is 14.8 Å². The predicted molar refractivity (Wildman–Crippen MR) is 90.8 cm³/mol. The third kappa shape index (κ3) is 3.83. The summed E-state index contributed by atoms with van der Waals surface area (Å²) >= 11 is 9.52. The van der Waals surface area contributed by atoms with Crippen molar-refractivity contribution < 1.29 is 9.47 Å². The molecule has 0 unspecified atom stereocenters. The smallest absolute Gasteiger partial charge is 0.174 e. The van der Waals surface area contributed by atoms with Gasteiger partial charge in [-0.2, -0.15) is 0 Å². The highest BCUT2D eigenvalue weighted by Crippen LogP contribution is 2.36. The third-order valence-electron chi connectivity index (χ3n) is 3.18. The summed E-state index contributed by atoms with van der Waals surface area (Å²) in [6, 6.07) is 9.77. The second-order valence-electron chi connectivity index (χ2n) is 4.63. The van der Waals surface area contributed by atoms with E-state index < -0.39 is 0 Å². The van der Waals surface area contributed by atoms with E-state index in [1.807, 2.05) is 37.3 Å². The minimum atomic E-state index is 0.667. The lowest BCUT2D eigenvalue weighted by molar-refractivity contribution is 0.352. The predicted octanol–water partition coefficient (Wildman–Crippen LogP) is 5.04. The van der Waals surface area contributed by atoms with E-state index in [4.69, 9.17) is 21.1 Å². The number of methoxy groups -OCH3 is 2. The monoisotopic (exact) mass is 369 g/mol. The fourth-order valence-electron chi connectivity index (χ4n) is 2.06. The SMILES string of the molecule is COc1cc(CNc2cc(Cl)ccc2C)cc(Br)c1OC. The zero-order valence-corrected chi connectivity index (χ0v) is 14.5. The van der Waals surface area contributed by atoms with Crippen molar-refractivity contribution in [2.24, 2.45) is 0 Å². The number of hydrogen-bond acceptors (Lipinski definition) is 3. The fraction of sp³-hybridized carbons (Fsp3) is 0.250. The van der Waals surface area contributed by atoms with Crippen molar-refractivity contribution in [1.29, 1.82) is 0 Å². The van der Waals surface area contributed by atoms with Gasteiger partial charge in [0.2, 0.25) is 0 Å². The average molecular weight is 371 g/mol. The fourth-order valence-corrected chi connectivity index (χ4v) is 2.88. The molecule has 0 aliphatic rings. The molecule has 2 rings (SSSR count). The molecule has 0 heterocycles. The van der Waals surface area contributed by atoms with Gasteiger partial charge in [0, 0.05) is 17.3 Å². The Morgan fingerprint density at radius 1 is 1.14 bits per heavy atom.